The minimum atomic E-state index is 0.651. The van der Waals surface area contributed by atoms with Crippen molar-refractivity contribution in [3.63, 3.8) is 0 Å². The lowest BCUT2D eigenvalue weighted by molar-refractivity contribution is 0.340. The Balaban J connectivity index is 1.66. The van der Waals surface area contributed by atoms with Crippen LogP contribution in [-0.4, -0.2) is 32.1 Å². The number of nitrogens with one attached hydrogen (secondary N) is 1. The van der Waals surface area contributed by atoms with Crippen molar-refractivity contribution in [2.45, 2.75) is 13.8 Å². The van der Waals surface area contributed by atoms with E-state index in [1.165, 1.54) is 0 Å². The maximum absolute atomic E-state index is 5.47. The Kier molecular flexibility index (Phi) is 4.18. The van der Waals surface area contributed by atoms with Gasteiger partial charge in [-0.25, -0.2) is 0 Å². The predicted octanol–water partition coefficient (Wildman–Crippen LogP) is 3.51. The Morgan fingerprint density at radius 2 is 1.88 bits per heavy atom. The van der Waals surface area contributed by atoms with Gasteiger partial charge in [-0.3, -0.25) is 5.43 Å². The molecule has 0 spiro atoms. The molecule has 1 N–H and O–H groups in total. The molecule has 7 nitrogen and oxygen atoms in total. The molecule has 26 heavy (non-hydrogen) atoms. The Morgan fingerprint density at radius 1 is 1.12 bits per heavy atom. The van der Waals surface area contributed by atoms with Crippen LogP contribution in [0.1, 0.15) is 19.4 Å². The SMILES string of the molecule is CCOc1ccc(/C(C)=N\Nc2nn3cnnc3c3ccccc23)cc1. The van der Waals surface area contributed by atoms with Gasteiger partial charge in [-0.15, -0.1) is 15.3 Å². The van der Waals surface area contributed by atoms with Gasteiger partial charge in [-0.2, -0.15) is 9.62 Å². The number of aromatic nitrogens is 4. The third-order valence-corrected chi connectivity index (χ3v) is 4.07. The smallest absolute Gasteiger partial charge is 0.185 e. The van der Waals surface area contributed by atoms with E-state index in [4.69, 9.17) is 4.74 Å². The van der Waals surface area contributed by atoms with Crippen LogP contribution in [0.2, 0.25) is 0 Å². The lowest BCUT2D eigenvalue weighted by atomic mass is 10.1. The topological polar surface area (TPSA) is 76.7 Å². The maximum atomic E-state index is 5.47. The molecule has 130 valence electrons. The third-order valence-electron chi connectivity index (χ3n) is 4.07. The highest BCUT2D eigenvalue weighted by Crippen LogP contribution is 2.24. The summed E-state index contributed by atoms with van der Waals surface area (Å²) < 4.78 is 7.12. The summed E-state index contributed by atoms with van der Waals surface area (Å²) in [7, 11) is 0. The molecule has 2 aromatic heterocycles. The van der Waals surface area contributed by atoms with Gasteiger partial charge in [0.05, 0.1) is 12.3 Å². The third kappa shape index (κ3) is 2.95. The summed E-state index contributed by atoms with van der Waals surface area (Å²) in [5.74, 6) is 1.50. The van der Waals surface area contributed by atoms with Crippen molar-refractivity contribution in [1.82, 2.24) is 19.8 Å². The van der Waals surface area contributed by atoms with Gasteiger partial charge in [0.1, 0.15) is 12.1 Å². The monoisotopic (exact) mass is 346 g/mol. The molecule has 4 aromatic rings. The minimum absolute atomic E-state index is 0.651. The van der Waals surface area contributed by atoms with Gasteiger partial charge in [0, 0.05) is 10.8 Å². The van der Waals surface area contributed by atoms with E-state index >= 15 is 0 Å². The summed E-state index contributed by atoms with van der Waals surface area (Å²) >= 11 is 0. The minimum Gasteiger partial charge on any atom is -0.494 e. The molecule has 0 aliphatic carbocycles. The Hall–Kier alpha value is -3.48. The fraction of sp³-hybridized carbons (Fsp3) is 0.158. The first-order valence-corrected chi connectivity index (χ1v) is 8.38. The number of fused-ring (bicyclic) bond motifs is 3. The van der Waals surface area contributed by atoms with Gasteiger partial charge in [0.15, 0.2) is 11.5 Å². The standard InChI is InChI=1S/C19H18N6O/c1-3-26-15-10-8-14(9-11-15)13(2)21-22-18-16-6-4-5-7-17(16)19-23-20-12-25(19)24-18/h4-12H,3H2,1-2H3,(H,22,24)/b21-13-. The molecule has 0 saturated heterocycles. The van der Waals surface area contributed by atoms with Crippen LogP contribution in [0.15, 0.2) is 60.0 Å². The van der Waals surface area contributed by atoms with Crippen molar-refractivity contribution >= 4 is 27.9 Å². The molecule has 2 heterocycles. The number of ether oxygens (including phenoxy) is 1. The average molecular weight is 346 g/mol. The van der Waals surface area contributed by atoms with Crippen LogP contribution in [0.4, 0.5) is 5.82 Å². The van der Waals surface area contributed by atoms with E-state index in [1.807, 2.05) is 62.4 Å². The van der Waals surface area contributed by atoms with E-state index in [0.717, 1.165) is 33.4 Å². The number of hydrogen-bond acceptors (Lipinski definition) is 6. The highest BCUT2D eigenvalue weighted by molar-refractivity contribution is 6.01. The van der Waals surface area contributed by atoms with Gasteiger partial charge < -0.3 is 4.74 Å². The molecule has 4 rings (SSSR count). The number of hydrogen-bond donors (Lipinski definition) is 1. The summed E-state index contributed by atoms with van der Waals surface area (Å²) in [5, 5.41) is 19.0. The van der Waals surface area contributed by atoms with Gasteiger partial charge in [-0.1, -0.05) is 24.3 Å². The van der Waals surface area contributed by atoms with E-state index in [1.54, 1.807) is 10.8 Å². The molecule has 0 aliphatic rings. The molecule has 0 unspecified atom stereocenters. The molecular formula is C19H18N6O. The quantitative estimate of drug-likeness (QED) is 0.442. The average Bonchev–Trinajstić information content (AvgIpc) is 3.15. The Morgan fingerprint density at radius 3 is 2.65 bits per heavy atom. The van der Waals surface area contributed by atoms with Gasteiger partial charge in [0.25, 0.3) is 0 Å². The second kappa shape index (κ2) is 6.79. The molecular weight excluding hydrogens is 328 g/mol. The van der Waals surface area contributed by atoms with Gasteiger partial charge in [-0.05, 0) is 43.7 Å². The number of nitrogens with zero attached hydrogens (tertiary/aromatic N) is 5. The molecule has 0 radical (unpaired) electrons. The number of anilines is 1. The Labute approximate surface area is 150 Å². The highest BCUT2D eigenvalue weighted by Gasteiger charge is 2.09. The van der Waals surface area contributed by atoms with Gasteiger partial charge in [0.2, 0.25) is 0 Å². The molecule has 0 aliphatic heterocycles. The van der Waals surface area contributed by atoms with Crippen LogP contribution in [-0.2, 0) is 0 Å². The predicted molar refractivity (Wildman–Crippen MR) is 102 cm³/mol. The maximum Gasteiger partial charge on any atom is 0.185 e. The van der Waals surface area contributed by atoms with Gasteiger partial charge >= 0.3 is 0 Å². The normalized spacial score (nSPS) is 11.8. The first kappa shape index (κ1) is 16.0. The van der Waals surface area contributed by atoms with Crippen LogP contribution in [0.5, 0.6) is 5.75 Å². The van der Waals surface area contributed by atoms with Crippen LogP contribution < -0.4 is 10.2 Å². The zero-order valence-electron chi connectivity index (χ0n) is 14.5. The summed E-state index contributed by atoms with van der Waals surface area (Å²) in [6, 6.07) is 15.8. The summed E-state index contributed by atoms with van der Waals surface area (Å²) in [4.78, 5) is 0. The van der Waals surface area contributed by atoms with Crippen LogP contribution >= 0.6 is 0 Å². The largest absolute Gasteiger partial charge is 0.494 e. The summed E-state index contributed by atoms with van der Waals surface area (Å²) in [6.07, 6.45) is 1.58. The second-order valence-corrected chi connectivity index (χ2v) is 5.76. The van der Waals surface area contributed by atoms with Crippen LogP contribution in [0.25, 0.3) is 16.4 Å². The van der Waals surface area contributed by atoms with Crippen LogP contribution in [0.3, 0.4) is 0 Å². The highest BCUT2D eigenvalue weighted by atomic mass is 16.5. The fourth-order valence-corrected chi connectivity index (χ4v) is 2.77. The van der Waals surface area contributed by atoms with Crippen molar-refractivity contribution in [3.8, 4) is 5.75 Å². The second-order valence-electron chi connectivity index (χ2n) is 5.76. The molecule has 0 fully saturated rings. The lowest BCUT2D eigenvalue weighted by Gasteiger charge is -2.08. The Bertz CT molecular complexity index is 1080. The molecule has 0 saturated carbocycles. The molecule has 7 heteroatoms. The summed E-state index contributed by atoms with van der Waals surface area (Å²) in [6.45, 7) is 4.56. The van der Waals surface area contributed by atoms with E-state index in [-0.39, 0.29) is 0 Å². The summed E-state index contributed by atoms with van der Waals surface area (Å²) in [5.41, 5.74) is 5.66. The number of rotatable bonds is 5. The zero-order chi connectivity index (χ0) is 17.9. The molecule has 2 aromatic carbocycles. The first-order chi connectivity index (χ1) is 12.8. The molecule has 0 bridgehead atoms. The van der Waals surface area contributed by atoms with E-state index < -0.39 is 0 Å². The first-order valence-electron chi connectivity index (χ1n) is 8.38. The van der Waals surface area contributed by atoms with Crippen molar-refractivity contribution < 1.29 is 4.74 Å². The van der Waals surface area contributed by atoms with E-state index in [9.17, 15) is 0 Å². The van der Waals surface area contributed by atoms with Crippen molar-refractivity contribution in [1.29, 1.82) is 0 Å². The van der Waals surface area contributed by atoms with Crippen LogP contribution in [0, 0.1) is 0 Å². The fourth-order valence-electron chi connectivity index (χ4n) is 2.77. The lowest BCUT2D eigenvalue weighted by Crippen LogP contribution is -2.04. The van der Waals surface area contributed by atoms with Crippen molar-refractivity contribution in [3.05, 3.63) is 60.4 Å². The van der Waals surface area contributed by atoms with Crippen molar-refractivity contribution in [2.24, 2.45) is 5.10 Å². The number of hydrazone groups is 1. The zero-order valence-corrected chi connectivity index (χ0v) is 14.5. The number of benzene rings is 2. The van der Waals surface area contributed by atoms with E-state index in [0.29, 0.717) is 12.4 Å². The molecule has 0 amide bonds. The van der Waals surface area contributed by atoms with E-state index in [2.05, 4.69) is 25.8 Å². The molecule has 0 atom stereocenters. The van der Waals surface area contributed by atoms with Crippen molar-refractivity contribution in [2.75, 3.05) is 12.0 Å².